The average Bonchev–Trinajstić information content (AvgIpc) is 2.94. The van der Waals surface area contributed by atoms with Crippen LogP contribution in [0.5, 0.6) is 0 Å². The molecule has 0 amide bonds. The van der Waals surface area contributed by atoms with Gasteiger partial charge in [0, 0.05) is 23.8 Å². The number of aromatic nitrogens is 1. The minimum Gasteiger partial charge on any atom is -0.303 e. The number of pyridine rings is 1. The molecule has 0 spiro atoms. The van der Waals surface area contributed by atoms with Crippen molar-refractivity contribution in [2.45, 2.75) is 25.9 Å². The molecule has 2 aromatic heterocycles. The van der Waals surface area contributed by atoms with Gasteiger partial charge in [-0.2, -0.15) is 0 Å². The highest BCUT2D eigenvalue weighted by atomic mass is 32.1. The summed E-state index contributed by atoms with van der Waals surface area (Å²) in [5.74, 6) is -0.170. The first-order valence-corrected chi connectivity index (χ1v) is 7.87. The molecular formula is C17H17FN2S. The lowest BCUT2D eigenvalue weighted by molar-refractivity contribution is 0.473. The van der Waals surface area contributed by atoms with Crippen molar-refractivity contribution in [3.05, 3.63) is 64.9 Å². The minimum absolute atomic E-state index is 0.0553. The van der Waals surface area contributed by atoms with Gasteiger partial charge in [-0.05, 0) is 43.0 Å². The summed E-state index contributed by atoms with van der Waals surface area (Å²) in [5, 5.41) is 5.48. The monoisotopic (exact) mass is 300 g/mol. The summed E-state index contributed by atoms with van der Waals surface area (Å²) in [4.78, 5) is 4.46. The molecule has 0 aliphatic heterocycles. The summed E-state index contributed by atoms with van der Waals surface area (Å²) >= 11 is 1.69. The quantitative estimate of drug-likeness (QED) is 0.745. The van der Waals surface area contributed by atoms with Crippen LogP contribution < -0.4 is 5.32 Å². The van der Waals surface area contributed by atoms with Gasteiger partial charge >= 0.3 is 0 Å². The Bertz CT molecular complexity index is 753. The van der Waals surface area contributed by atoms with E-state index in [1.165, 1.54) is 10.8 Å². The van der Waals surface area contributed by atoms with Crippen LogP contribution in [0.3, 0.4) is 0 Å². The summed E-state index contributed by atoms with van der Waals surface area (Å²) in [7, 11) is 0. The van der Waals surface area contributed by atoms with Crippen molar-refractivity contribution in [3.63, 3.8) is 0 Å². The molecule has 21 heavy (non-hydrogen) atoms. The van der Waals surface area contributed by atoms with Gasteiger partial charge in [0.05, 0.1) is 10.2 Å². The average molecular weight is 300 g/mol. The molecule has 2 heterocycles. The fraction of sp³-hybridized carbons (Fsp3) is 0.235. The second-order valence-electron chi connectivity index (χ2n) is 5.20. The number of thiophene rings is 1. The van der Waals surface area contributed by atoms with Gasteiger partial charge in [-0.25, -0.2) is 4.39 Å². The fourth-order valence-electron chi connectivity index (χ4n) is 2.49. The van der Waals surface area contributed by atoms with Crippen molar-refractivity contribution in [2.24, 2.45) is 0 Å². The largest absolute Gasteiger partial charge is 0.303 e. The summed E-state index contributed by atoms with van der Waals surface area (Å²) in [6.07, 6.45) is 1.89. The minimum atomic E-state index is -0.170. The lowest BCUT2D eigenvalue weighted by Crippen LogP contribution is -2.23. The van der Waals surface area contributed by atoms with Gasteiger partial charge < -0.3 is 5.32 Å². The van der Waals surface area contributed by atoms with Gasteiger partial charge in [0.2, 0.25) is 0 Å². The molecular weight excluding hydrogens is 283 g/mol. The van der Waals surface area contributed by atoms with Crippen molar-refractivity contribution in [2.75, 3.05) is 0 Å². The molecule has 4 heteroatoms. The zero-order chi connectivity index (χ0) is 14.8. The lowest BCUT2D eigenvalue weighted by Gasteiger charge is -2.21. The highest BCUT2D eigenvalue weighted by Crippen LogP contribution is 2.25. The summed E-state index contributed by atoms with van der Waals surface area (Å²) in [6, 6.07) is 11.1. The Labute approximate surface area is 127 Å². The van der Waals surface area contributed by atoms with E-state index in [0.29, 0.717) is 5.56 Å². The molecule has 2 nitrogen and oxygen atoms in total. The van der Waals surface area contributed by atoms with E-state index in [4.69, 9.17) is 0 Å². The van der Waals surface area contributed by atoms with Crippen LogP contribution in [-0.2, 0) is 0 Å². The maximum absolute atomic E-state index is 13.8. The molecule has 1 aromatic carbocycles. The van der Waals surface area contributed by atoms with E-state index in [-0.39, 0.29) is 17.9 Å². The third kappa shape index (κ3) is 2.96. The van der Waals surface area contributed by atoms with E-state index >= 15 is 0 Å². The number of hydrogen-bond acceptors (Lipinski definition) is 3. The van der Waals surface area contributed by atoms with Crippen LogP contribution in [0.2, 0.25) is 0 Å². The van der Waals surface area contributed by atoms with Crippen LogP contribution in [0.4, 0.5) is 4.39 Å². The number of fused-ring (bicyclic) bond motifs is 1. The Morgan fingerprint density at radius 2 is 1.95 bits per heavy atom. The number of halogens is 1. The first-order chi connectivity index (χ1) is 10.1. The zero-order valence-corrected chi connectivity index (χ0v) is 12.8. The van der Waals surface area contributed by atoms with Crippen LogP contribution in [0.15, 0.2) is 48.0 Å². The molecule has 0 aliphatic carbocycles. The lowest BCUT2D eigenvalue weighted by atomic mass is 10.0. The number of hydrogen-bond donors (Lipinski definition) is 1. The predicted molar refractivity (Wildman–Crippen MR) is 86.0 cm³/mol. The maximum atomic E-state index is 13.8. The summed E-state index contributed by atoms with van der Waals surface area (Å²) < 4.78 is 15.0. The SMILES string of the molecule is CC(N[C@H](C)c1ccccc1F)c1cnc2ccsc2c1. The first kappa shape index (κ1) is 14.2. The van der Waals surface area contributed by atoms with Crippen molar-refractivity contribution in [1.29, 1.82) is 0 Å². The number of nitrogens with one attached hydrogen (secondary N) is 1. The van der Waals surface area contributed by atoms with E-state index in [9.17, 15) is 4.39 Å². The molecule has 1 unspecified atom stereocenters. The summed E-state index contributed by atoms with van der Waals surface area (Å²) in [5.41, 5.74) is 2.83. The van der Waals surface area contributed by atoms with Gasteiger partial charge in [0.1, 0.15) is 5.82 Å². The number of benzene rings is 1. The second-order valence-corrected chi connectivity index (χ2v) is 6.15. The second kappa shape index (κ2) is 5.92. The highest BCUT2D eigenvalue weighted by molar-refractivity contribution is 7.17. The van der Waals surface area contributed by atoms with Crippen molar-refractivity contribution < 1.29 is 4.39 Å². The third-order valence-electron chi connectivity index (χ3n) is 3.70. The Balaban J connectivity index is 1.79. The molecule has 1 N–H and O–H groups in total. The van der Waals surface area contributed by atoms with Gasteiger partial charge in [0.15, 0.2) is 0 Å². The standard InChI is InChI=1S/C17H17FN2S/c1-11(13-9-17-16(19-10-13)7-8-21-17)20-12(2)14-5-3-4-6-15(14)18/h3-12,20H,1-2H3/t11?,12-/m1/s1. The zero-order valence-electron chi connectivity index (χ0n) is 12.0. The highest BCUT2D eigenvalue weighted by Gasteiger charge is 2.14. The van der Waals surface area contributed by atoms with Crippen molar-refractivity contribution in [3.8, 4) is 0 Å². The first-order valence-electron chi connectivity index (χ1n) is 6.99. The third-order valence-corrected chi connectivity index (χ3v) is 4.55. The smallest absolute Gasteiger partial charge is 0.127 e. The fourth-order valence-corrected chi connectivity index (χ4v) is 3.27. The van der Waals surface area contributed by atoms with Crippen LogP contribution in [0.1, 0.15) is 37.1 Å². The molecule has 2 atom stereocenters. The van der Waals surface area contributed by atoms with Crippen molar-refractivity contribution in [1.82, 2.24) is 10.3 Å². The Morgan fingerprint density at radius 3 is 2.76 bits per heavy atom. The van der Waals surface area contributed by atoms with E-state index in [1.807, 2.05) is 36.7 Å². The van der Waals surface area contributed by atoms with Crippen LogP contribution in [-0.4, -0.2) is 4.98 Å². The van der Waals surface area contributed by atoms with Crippen LogP contribution in [0.25, 0.3) is 10.2 Å². The molecule has 3 rings (SSSR count). The van der Waals surface area contributed by atoms with Crippen LogP contribution in [0, 0.1) is 5.82 Å². The van der Waals surface area contributed by atoms with Crippen LogP contribution >= 0.6 is 11.3 Å². The molecule has 0 saturated carbocycles. The number of nitrogens with zero attached hydrogens (tertiary/aromatic N) is 1. The summed E-state index contributed by atoms with van der Waals surface area (Å²) in [6.45, 7) is 4.06. The van der Waals surface area contributed by atoms with Gasteiger partial charge in [-0.1, -0.05) is 18.2 Å². The molecule has 0 fully saturated rings. The predicted octanol–water partition coefficient (Wildman–Crippen LogP) is 4.85. The van der Waals surface area contributed by atoms with E-state index < -0.39 is 0 Å². The Morgan fingerprint density at radius 1 is 1.14 bits per heavy atom. The molecule has 0 saturated heterocycles. The topological polar surface area (TPSA) is 24.9 Å². The van der Waals surface area contributed by atoms with E-state index in [2.05, 4.69) is 23.3 Å². The van der Waals surface area contributed by atoms with Gasteiger partial charge in [-0.15, -0.1) is 11.3 Å². The molecule has 108 valence electrons. The Kier molecular flexibility index (Phi) is 3.99. The molecule has 0 aliphatic rings. The Hall–Kier alpha value is -1.78. The molecule has 0 radical (unpaired) electrons. The maximum Gasteiger partial charge on any atom is 0.127 e. The molecule has 0 bridgehead atoms. The number of rotatable bonds is 4. The molecule has 3 aromatic rings. The van der Waals surface area contributed by atoms with E-state index in [1.54, 1.807) is 17.4 Å². The van der Waals surface area contributed by atoms with Gasteiger partial charge in [0.25, 0.3) is 0 Å². The van der Waals surface area contributed by atoms with E-state index in [0.717, 1.165) is 11.1 Å². The van der Waals surface area contributed by atoms with Gasteiger partial charge in [-0.3, -0.25) is 4.98 Å². The van der Waals surface area contributed by atoms with Crippen molar-refractivity contribution >= 4 is 21.6 Å². The normalized spacial score (nSPS) is 14.2.